The number of hydrogen-bond acceptors (Lipinski definition) is 3. The maximum atomic E-state index is 12.5. The van der Waals surface area contributed by atoms with E-state index in [9.17, 15) is 4.79 Å². The van der Waals surface area contributed by atoms with Crippen LogP contribution in [-0.4, -0.2) is 31.7 Å². The van der Waals surface area contributed by atoms with Crippen molar-refractivity contribution in [3.8, 4) is 0 Å². The molecule has 25 heavy (non-hydrogen) atoms. The first-order chi connectivity index (χ1) is 12.1. The number of amides is 1. The van der Waals surface area contributed by atoms with E-state index in [2.05, 4.69) is 22.8 Å². The molecule has 1 aromatic carbocycles. The maximum Gasteiger partial charge on any atom is 0.279 e. The molecule has 3 rings (SSSR count). The third-order valence-electron chi connectivity index (χ3n) is 4.41. The standard InChI is InChI=1S/C19H23ClN2O2S/c1-14-6-7-15(10-18(14)20)21-19(23)13-22(11-16-4-2-8-24-16)12-17-5-3-9-25-17/h3,5-7,9-10,16H,2,4,8,11-13H2,1H3,(H,21,23)/p+1/t16-/m1/s1. The van der Waals surface area contributed by atoms with Crippen LogP contribution in [-0.2, 0) is 16.1 Å². The van der Waals surface area contributed by atoms with Gasteiger partial charge in [0.15, 0.2) is 6.54 Å². The number of hydrogen-bond donors (Lipinski definition) is 2. The Morgan fingerprint density at radius 3 is 3.00 bits per heavy atom. The number of benzene rings is 1. The number of carbonyl (C=O) groups excluding carboxylic acids is 1. The SMILES string of the molecule is Cc1ccc(NC(=O)C[NH+](Cc2cccs2)C[C@H]2CCCO2)cc1Cl. The highest BCUT2D eigenvalue weighted by Crippen LogP contribution is 2.19. The number of ether oxygens (including phenoxy) is 1. The van der Waals surface area contributed by atoms with Gasteiger partial charge in [0, 0.05) is 17.3 Å². The summed E-state index contributed by atoms with van der Waals surface area (Å²) in [6, 6.07) is 9.78. The molecule has 0 bridgehead atoms. The lowest BCUT2D eigenvalue weighted by atomic mass is 10.2. The minimum absolute atomic E-state index is 0.00414. The van der Waals surface area contributed by atoms with Crippen LogP contribution in [0, 0.1) is 6.92 Å². The van der Waals surface area contributed by atoms with E-state index in [1.807, 2.05) is 19.1 Å². The Morgan fingerprint density at radius 1 is 1.44 bits per heavy atom. The molecule has 0 radical (unpaired) electrons. The van der Waals surface area contributed by atoms with E-state index >= 15 is 0 Å². The van der Waals surface area contributed by atoms with E-state index in [1.165, 1.54) is 9.78 Å². The summed E-state index contributed by atoms with van der Waals surface area (Å²) in [5.41, 5.74) is 1.75. The van der Waals surface area contributed by atoms with Crippen LogP contribution in [0.15, 0.2) is 35.7 Å². The summed E-state index contributed by atoms with van der Waals surface area (Å²) in [5.74, 6) is 0.00414. The van der Waals surface area contributed by atoms with Crippen LogP contribution >= 0.6 is 22.9 Å². The zero-order valence-corrected chi connectivity index (χ0v) is 16.0. The highest BCUT2D eigenvalue weighted by Gasteiger charge is 2.24. The molecule has 1 unspecified atom stereocenters. The van der Waals surface area contributed by atoms with Gasteiger partial charge in [0.1, 0.15) is 19.2 Å². The van der Waals surface area contributed by atoms with E-state index in [-0.39, 0.29) is 12.0 Å². The largest absolute Gasteiger partial charge is 0.372 e. The first kappa shape index (κ1) is 18.4. The number of nitrogens with one attached hydrogen (secondary N) is 2. The average Bonchev–Trinajstić information content (AvgIpc) is 3.25. The van der Waals surface area contributed by atoms with Crippen LogP contribution in [0.4, 0.5) is 5.69 Å². The van der Waals surface area contributed by atoms with Crippen molar-refractivity contribution in [2.45, 2.75) is 32.4 Å². The number of halogens is 1. The van der Waals surface area contributed by atoms with Gasteiger partial charge in [-0.1, -0.05) is 23.7 Å². The summed E-state index contributed by atoms with van der Waals surface area (Å²) >= 11 is 7.87. The fourth-order valence-corrected chi connectivity index (χ4v) is 4.05. The number of thiophene rings is 1. The molecule has 1 fully saturated rings. The molecule has 1 aliphatic rings. The highest BCUT2D eigenvalue weighted by molar-refractivity contribution is 7.09. The summed E-state index contributed by atoms with van der Waals surface area (Å²) in [6.45, 7) is 4.91. The summed E-state index contributed by atoms with van der Waals surface area (Å²) in [4.78, 5) is 15.0. The highest BCUT2D eigenvalue weighted by atomic mass is 35.5. The number of anilines is 1. The molecular weight excluding hydrogens is 356 g/mol. The number of carbonyl (C=O) groups is 1. The Kier molecular flexibility index (Phi) is 6.48. The van der Waals surface area contributed by atoms with E-state index in [0.29, 0.717) is 11.6 Å². The quantitative estimate of drug-likeness (QED) is 0.776. The predicted octanol–water partition coefficient (Wildman–Crippen LogP) is 2.91. The van der Waals surface area contributed by atoms with Gasteiger partial charge in [-0.25, -0.2) is 0 Å². The third kappa shape index (κ3) is 5.54. The molecule has 0 spiro atoms. The van der Waals surface area contributed by atoms with Gasteiger partial charge < -0.3 is 15.0 Å². The fraction of sp³-hybridized carbons (Fsp3) is 0.421. The van der Waals surface area contributed by atoms with Gasteiger partial charge in [-0.05, 0) is 48.9 Å². The number of quaternary nitrogens is 1. The summed E-state index contributed by atoms with van der Waals surface area (Å²) in [5, 5.41) is 5.71. The molecule has 0 saturated carbocycles. The topological polar surface area (TPSA) is 42.8 Å². The molecule has 6 heteroatoms. The molecule has 2 atom stereocenters. The van der Waals surface area contributed by atoms with Gasteiger partial charge in [-0.3, -0.25) is 4.79 Å². The van der Waals surface area contributed by atoms with Gasteiger partial charge in [0.25, 0.3) is 5.91 Å². The van der Waals surface area contributed by atoms with Crippen molar-refractivity contribution >= 4 is 34.5 Å². The first-order valence-electron chi connectivity index (χ1n) is 8.63. The van der Waals surface area contributed by atoms with Crippen LogP contribution < -0.4 is 10.2 Å². The van der Waals surface area contributed by atoms with E-state index in [1.54, 1.807) is 17.4 Å². The maximum absolute atomic E-state index is 12.5. The van der Waals surface area contributed by atoms with Gasteiger partial charge in [-0.2, -0.15) is 0 Å². The van der Waals surface area contributed by atoms with Crippen molar-refractivity contribution in [1.29, 1.82) is 0 Å². The molecule has 134 valence electrons. The molecule has 2 heterocycles. The van der Waals surface area contributed by atoms with Gasteiger partial charge >= 0.3 is 0 Å². The first-order valence-corrected chi connectivity index (χ1v) is 9.89. The van der Waals surface area contributed by atoms with Crippen LogP contribution in [0.1, 0.15) is 23.3 Å². The molecule has 0 aliphatic carbocycles. The van der Waals surface area contributed by atoms with E-state index in [0.717, 1.165) is 43.8 Å². The minimum atomic E-state index is 0.00414. The minimum Gasteiger partial charge on any atom is -0.372 e. The Bertz CT molecular complexity index is 699. The number of aryl methyl sites for hydroxylation is 1. The van der Waals surface area contributed by atoms with E-state index < -0.39 is 0 Å². The molecule has 1 saturated heterocycles. The second-order valence-corrected chi connectivity index (χ2v) is 7.97. The van der Waals surface area contributed by atoms with E-state index in [4.69, 9.17) is 16.3 Å². The normalized spacial score (nSPS) is 18.2. The predicted molar refractivity (Wildman–Crippen MR) is 103 cm³/mol. The average molecular weight is 380 g/mol. The molecule has 1 aliphatic heterocycles. The number of rotatable bonds is 7. The van der Waals surface area contributed by atoms with Gasteiger partial charge in [-0.15, -0.1) is 11.3 Å². The molecule has 1 aromatic heterocycles. The lowest BCUT2D eigenvalue weighted by molar-refractivity contribution is -0.908. The lowest BCUT2D eigenvalue weighted by Gasteiger charge is -2.21. The second kappa shape index (κ2) is 8.81. The monoisotopic (exact) mass is 379 g/mol. The van der Waals surface area contributed by atoms with Crippen LogP contribution in [0.25, 0.3) is 0 Å². The van der Waals surface area contributed by atoms with Gasteiger partial charge in [0.05, 0.1) is 4.88 Å². The zero-order valence-electron chi connectivity index (χ0n) is 14.4. The summed E-state index contributed by atoms with van der Waals surface area (Å²) < 4.78 is 5.76. The third-order valence-corrected chi connectivity index (χ3v) is 5.69. The molecular formula is C19H24ClN2O2S+. The van der Waals surface area contributed by atoms with Crippen molar-refractivity contribution in [3.63, 3.8) is 0 Å². The van der Waals surface area contributed by atoms with Crippen molar-refractivity contribution in [3.05, 3.63) is 51.2 Å². The Hall–Kier alpha value is -1.40. The van der Waals surface area contributed by atoms with Crippen molar-refractivity contribution in [1.82, 2.24) is 0 Å². The summed E-state index contributed by atoms with van der Waals surface area (Å²) in [7, 11) is 0. The van der Waals surface area contributed by atoms with Crippen LogP contribution in [0.2, 0.25) is 5.02 Å². The summed E-state index contributed by atoms with van der Waals surface area (Å²) in [6.07, 6.45) is 2.46. The van der Waals surface area contributed by atoms with Crippen LogP contribution in [0.5, 0.6) is 0 Å². The smallest absolute Gasteiger partial charge is 0.279 e. The fourth-order valence-electron chi connectivity index (χ4n) is 3.10. The lowest BCUT2D eigenvalue weighted by Crippen LogP contribution is -3.12. The van der Waals surface area contributed by atoms with Gasteiger partial charge in [0.2, 0.25) is 0 Å². The van der Waals surface area contributed by atoms with Crippen molar-refractivity contribution in [2.75, 3.05) is 25.0 Å². The van der Waals surface area contributed by atoms with Crippen LogP contribution in [0.3, 0.4) is 0 Å². The van der Waals surface area contributed by atoms with Crippen molar-refractivity contribution in [2.24, 2.45) is 0 Å². The van der Waals surface area contributed by atoms with Crippen molar-refractivity contribution < 1.29 is 14.4 Å². The molecule has 2 N–H and O–H groups in total. The zero-order chi connectivity index (χ0) is 17.6. The Balaban J connectivity index is 1.61. The molecule has 4 nitrogen and oxygen atoms in total. The Labute approximate surface area is 157 Å². The molecule has 2 aromatic rings. The Morgan fingerprint density at radius 2 is 2.32 bits per heavy atom. The second-order valence-electron chi connectivity index (χ2n) is 6.53. The molecule has 1 amide bonds.